The summed E-state index contributed by atoms with van der Waals surface area (Å²) in [7, 11) is 0. The van der Waals surface area contributed by atoms with E-state index in [4.69, 9.17) is 4.74 Å². The third kappa shape index (κ3) is 4.66. The molecule has 0 aliphatic carbocycles. The molecular weight excluding hydrogens is 316 g/mol. The molecule has 0 N–H and O–H groups in total. The first-order valence-electron chi connectivity index (χ1n) is 8.19. The zero-order chi connectivity index (χ0) is 16.6. The summed E-state index contributed by atoms with van der Waals surface area (Å²) < 4.78 is 5.79. The van der Waals surface area contributed by atoms with Crippen molar-refractivity contribution in [1.82, 2.24) is 9.88 Å². The van der Waals surface area contributed by atoms with Crippen LogP contribution in [0.25, 0.3) is 0 Å². The molecule has 0 spiro atoms. The van der Waals surface area contributed by atoms with Crippen molar-refractivity contribution >= 4 is 11.3 Å². The molecule has 3 aromatic rings. The lowest BCUT2D eigenvalue weighted by atomic mass is 10.1. The van der Waals surface area contributed by atoms with Crippen LogP contribution in [-0.4, -0.2) is 16.5 Å². The molecule has 0 aliphatic rings. The molecule has 0 saturated carbocycles. The third-order valence-corrected chi connectivity index (χ3v) is 4.62. The van der Waals surface area contributed by atoms with Crippen LogP contribution in [0.3, 0.4) is 0 Å². The zero-order valence-corrected chi connectivity index (χ0v) is 14.7. The Balaban J connectivity index is 1.79. The number of pyridine rings is 1. The molecule has 0 saturated heterocycles. The van der Waals surface area contributed by atoms with Crippen molar-refractivity contribution in [3.05, 3.63) is 82.3 Å². The highest BCUT2D eigenvalue weighted by Crippen LogP contribution is 2.23. The molecular formula is C20H22N2OS. The van der Waals surface area contributed by atoms with Crippen molar-refractivity contribution < 1.29 is 4.74 Å². The second kappa shape index (κ2) is 8.62. The summed E-state index contributed by atoms with van der Waals surface area (Å²) >= 11 is 1.80. The van der Waals surface area contributed by atoms with Crippen LogP contribution in [0.5, 0.6) is 5.75 Å². The van der Waals surface area contributed by atoms with E-state index in [1.807, 2.05) is 37.5 Å². The van der Waals surface area contributed by atoms with Gasteiger partial charge in [0.25, 0.3) is 0 Å². The summed E-state index contributed by atoms with van der Waals surface area (Å²) in [6, 6.07) is 16.7. The fourth-order valence-electron chi connectivity index (χ4n) is 2.71. The highest BCUT2D eigenvalue weighted by Gasteiger charge is 2.12. The van der Waals surface area contributed by atoms with Gasteiger partial charge >= 0.3 is 0 Å². The fraction of sp³-hybridized carbons (Fsp3) is 0.250. The molecule has 0 unspecified atom stereocenters. The zero-order valence-electron chi connectivity index (χ0n) is 13.9. The van der Waals surface area contributed by atoms with E-state index >= 15 is 0 Å². The maximum Gasteiger partial charge on any atom is 0.123 e. The van der Waals surface area contributed by atoms with Gasteiger partial charge in [-0.2, -0.15) is 0 Å². The van der Waals surface area contributed by atoms with Gasteiger partial charge in [-0.1, -0.05) is 30.3 Å². The number of ether oxygens (including phenoxy) is 1. The molecule has 0 fully saturated rings. The Bertz CT molecular complexity index is 728. The molecule has 0 radical (unpaired) electrons. The van der Waals surface area contributed by atoms with Crippen molar-refractivity contribution in [2.24, 2.45) is 0 Å². The topological polar surface area (TPSA) is 25.4 Å². The Kier molecular flexibility index (Phi) is 5.99. The van der Waals surface area contributed by atoms with Crippen molar-refractivity contribution in [3.63, 3.8) is 0 Å². The summed E-state index contributed by atoms with van der Waals surface area (Å²) in [4.78, 5) is 8.04. The second-order valence-electron chi connectivity index (χ2n) is 5.63. The summed E-state index contributed by atoms with van der Waals surface area (Å²) in [5.74, 6) is 0.974. The van der Waals surface area contributed by atoms with Crippen LogP contribution < -0.4 is 4.74 Å². The minimum Gasteiger partial charge on any atom is -0.494 e. The number of rotatable bonds is 8. The minimum atomic E-state index is 0.685. The average Bonchev–Trinajstić information content (AvgIpc) is 3.11. The van der Waals surface area contributed by atoms with E-state index in [-0.39, 0.29) is 0 Å². The van der Waals surface area contributed by atoms with Gasteiger partial charge in [0.1, 0.15) is 5.75 Å². The quantitative estimate of drug-likeness (QED) is 0.593. The van der Waals surface area contributed by atoms with Gasteiger partial charge < -0.3 is 4.74 Å². The van der Waals surface area contributed by atoms with Gasteiger partial charge in [0.15, 0.2) is 0 Å². The molecule has 0 amide bonds. The number of para-hydroxylation sites is 1. The lowest BCUT2D eigenvalue weighted by Crippen LogP contribution is -2.22. The van der Waals surface area contributed by atoms with Crippen LogP contribution in [0, 0.1) is 0 Å². The summed E-state index contributed by atoms with van der Waals surface area (Å²) in [6.07, 6.45) is 3.76. The summed E-state index contributed by atoms with van der Waals surface area (Å²) in [5, 5.41) is 2.13. The Morgan fingerprint density at radius 3 is 2.67 bits per heavy atom. The van der Waals surface area contributed by atoms with E-state index < -0.39 is 0 Å². The van der Waals surface area contributed by atoms with Crippen LogP contribution in [0.2, 0.25) is 0 Å². The number of nitrogens with zero attached hydrogens (tertiary/aromatic N) is 2. The Hall–Kier alpha value is -2.17. The Morgan fingerprint density at radius 1 is 1.00 bits per heavy atom. The van der Waals surface area contributed by atoms with Crippen LogP contribution >= 0.6 is 11.3 Å². The van der Waals surface area contributed by atoms with Gasteiger partial charge in [-0.25, -0.2) is 0 Å². The van der Waals surface area contributed by atoms with Gasteiger partial charge in [-0.15, -0.1) is 11.3 Å². The lowest BCUT2D eigenvalue weighted by Gasteiger charge is -2.23. The van der Waals surface area contributed by atoms with Gasteiger partial charge in [0.05, 0.1) is 6.61 Å². The normalized spacial score (nSPS) is 10.9. The molecule has 2 aromatic heterocycles. The highest BCUT2D eigenvalue weighted by atomic mass is 32.1. The molecule has 124 valence electrons. The van der Waals surface area contributed by atoms with Crippen molar-refractivity contribution in [3.8, 4) is 5.75 Å². The van der Waals surface area contributed by atoms with E-state index in [9.17, 15) is 0 Å². The Labute approximate surface area is 147 Å². The minimum absolute atomic E-state index is 0.685. The van der Waals surface area contributed by atoms with Crippen LogP contribution in [0.1, 0.15) is 22.9 Å². The first kappa shape index (κ1) is 16.7. The standard InChI is InChI=1S/C20H22N2OS/c1-2-23-20-10-4-3-8-18(20)15-22(16-19-9-6-12-24-19)14-17-7-5-11-21-13-17/h3-13H,2,14-16H2,1H3. The van der Waals surface area contributed by atoms with Gasteiger partial charge in [-0.3, -0.25) is 9.88 Å². The monoisotopic (exact) mass is 338 g/mol. The summed E-state index contributed by atoms with van der Waals surface area (Å²) in [6.45, 7) is 5.35. The molecule has 0 atom stereocenters. The predicted molar refractivity (Wildman–Crippen MR) is 99.1 cm³/mol. The second-order valence-corrected chi connectivity index (χ2v) is 6.66. The largest absolute Gasteiger partial charge is 0.494 e. The maximum atomic E-state index is 5.79. The first-order valence-corrected chi connectivity index (χ1v) is 9.07. The molecule has 24 heavy (non-hydrogen) atoms. The van der Waals surface area contributed by atoms with Crippen LogP contribution in [0.4, 0.5) is 0 Å². The first-order chi connectivity index (χ1) is 11.8. The average molecular weight is 338 g/mol. The van der Waals surface area contributed by atoms with E-state index in [2.05, 4.69) is 45.6 Å². The maximum absolute atomic E-state index is 5.79. The molecule has 0 aliphatic heterocycles. The van der Waals surface area contributed by atoms with Gasteiger partial charge in [0.2, 0.25) is 0 Å². The number of aromatic nitrogens is 1. The number of thiophene rings is 1. The number of hydrogen-bond acceptors (Lipinski definition) is 4. The Morgan fingerprint density at radius 2 is 1.92 bits per heavy atom. The lowest BCUT2D eigenvalue weighted by molar-refractivity contribution is 0.242. The van der Waals surface area contributed by atoms with E-state index in [0.717, 1.165) is 25.4 Å². The molecule has 0 bridgehead atoms. The van der Waals surface area contributed by atoms with E-state index in [1.165, 1.54) is 16.0 Å². The fourth-order valence-corrected chi connectivity index (χ4v) is 3.46. The number of hydrogen-bond donors (Lipinski definition) is 0. The van der Waals surface area contributed by atoms with Crippen molar-refractivity contribution in [2.45, 2.75) is 26.6 Å². The summed E-state index contributed by atoms with van der Waals surface area (Å²) in [5.41, 5.74) is 2.45. The molecule has 1 aromatic carbocycles. The van der Waals surface area contributed by atoms with E-state index in [0.29, 0.717) is 6.61 Å². The predicted octanol–water partition coefficient (Wildman–Crippen LogP) is 4.74. The smallest absolute Gasteiger partial charge is 0.123 e. The molecule has 3 rings (SSSR count). The molecule has 3 nitrogen and oxygen atoms in total. The third-order valence-electron chi connectivity index (χ3n) is 3.75. The van der Waals surface area contributed by atoms with Gasteiger partial charge in [0, 0.05) is 42.5 Å². The molecule has 2 heterocycles. The number of benzene rings is 1. The van der Waals surface area contributed by atoms with Crippen LogP contribution in [-0.2, 0) is 19.6 Å². The SMILES string of the molecule is CCOc1ccccc1CN(Cc1cccnc1)Cc1cccs1. The van der Waals surface area contributed by atoms with E-state index in [1.54, 1.807) is 11.3 Å². The molecule has 4 heteroatoms. The highest BCUT2D eigenvalue weighted by molar-refractivity contribution is 7.09. The van der Waals surface area contributed by atoms with Crippen molar-refractivity contribution in [2.75, 3.05) is 6.61 Å². The van der Waals surface area contributed by atoms with Gasteiger partial charge in [-0.05, 0) is 36.1 Å². The van der Waals surface area contributed by atoms with Crippen LogP contribution in [0.15, 0.2) is 66.3 Å². The van der Waals surface area contributed by atoms with Crippen molar-refractivity contribution in [1.29, 1.82) is 0 Å².